The lowest BCUT2D eigenvalue weighted by molar-refractivity contribution is 0.122. The summed E-state index contributed by atoms with van der Waals surface area (Å²) in [6.45, 7) is 6.15. The molecule has 1 fully saturated rings. The van der Waals surface area contributed by atoms with Gasteiger partial charge in [-0.1, -0.05) is 6.92 Å². The third-order valence-corrected chi connectivity index (χ3v) is 5.73. The molecule has 0 aromatic carbocycles. The highest BCUT2D eigenvalue weighted by molar-refractivity contribution is 7.08. The van der Waals surface area contributed by atoms with E-state index in [0.717, 1.165) is 73.3 Å². The summed E-state index contributed by atoms with van der Waals surface area (Å²) in [5.41, 5.74) is 3.49. The van der Waals surface area contributed by atoms with E-state index in [2.05, 4.69) is 38.6 Å². The smallest absolute Gasteiger partial charge is 0.170 e. The summed E-state index contributed by atoms with van der Waals surface area (Å²) >= 11 is 1.65. The van der Waals surface area contributed by atoms with E-state index >= 15 is 0 Å². The first-order chi connectivity index (χ1) is 14.8. The van der Waals surface area contributed by atoms with Crippen molar-refractivity contribution in [1.82, 2.24) is 24.5 Å². The summed E-state index contributed by atoms with van der Waals surface area (Å²) in [7, 11) is 0. The third-order valence-electron chi connectivity index (χ3n) is 5.06. The number of nitrogens with one attached hydrogen (secondary N) is 1. The Bertz CT molecular complexity index is 1120. The zero-order valence-corrected chi connectivity index (χ0v) is 17.6. The number of nitrogens with zero attached hydrogens (tertiary/aromatic N) is 6. The van der Waals surface area contributed by atoms with Gasteiger partial charge in [0.05, 0.1) is 18.9 Å². The van der Waals surface area contributed by atoms with Crippen molar-refractivity contribution in [3.8, 4) is 17.1 Å². The molecule has 0 amide bonds. The summed E-state index contributed by atoms with van der Waals surface area (Å²) in [5, 5.41) is 7.54. The molecule has 0 spiro atoms. The maximum Gasteiger partial charge on any atom is 0.170 e. The first-order valence-electron chi connectivity index (χ1n) is 10.1. The van der Waals surface area contributed by atoms with Crippen LogP contribution in [0.4, 0.5) is 11.6 Å². The monoisotopic (exact) mass is 421 g/mol. The zero-order chi connectivity index (χ0) is 20.3. The van der Waals surface area contributed by atoms with E-state index in [0.29, 0.717) is 5.82 Å². The molecule has 4 aromatic rings. The van der Waals surface area contributed by atoms with Crippen LogP contribution >= 0.6 is 11.3 Å². The van der Waals surface area contributed by atoms with Gasteiger partial charge >= 0.3 is 0 Å². The molecule has 1 aliphatic heterocycles. The van der Waals surface area contributed by atoms with Gasteiger partial charge in [-0.05, 0) is 30.0 Å². The standard InChI is InChI=1S/C21H23N7OS/c1-2-6-22-20-18-21(28(14-24-18)16-5-11-30-13-16)26-19(25-20)15-3-4-17(23-12-15)27-7-9-29-10-8-27/h3-5,11-14H,2,6-10H2,1H3,(H,22,25,26). The fourth-order valence-corrected chi connectivity index (χ4v) is 4.11. The number of hydrogen-bond donors (Lipinski definition) is 1. The second-order valence-electron chi connectivity index (χ2n) is 7.10. The Morgan fingerprint density at radius 2 is 2.03 bits per heavy atom. The minimum Gasteiger partial charge on any atom is -0.378 e. The topological polar surface area (TPSA) is 81.0 Å². The quantitative estimate of drug-likeness (QED) is 0.509. The number of fused-ring (bicyclic) bond motifs is 1. The van der Waals surface area contributed by atoms with Crippen LogP contribution < -0.4 is 10.2 Å². The minimum absolute atomic E-state index is 0.638. The average molecular weight is 422 g/mol. The average Bonchev–Trinajstić information content (AvgIpc) is 3.48. The molecule has 5 rings (SSSR count). The van der Waals surface area contributed by atoms with Crippen LogP contribution in [0.15, 0.2) is 41.5 Å². The summed E-state index contributed by atoms with van der Waals surface area (Å²) < 4.78 is 7.43. The minimum atomic E-state index is 0.638. The second kappa shape index (κ2) is 8.37. The van der Waals surface area contributed by atoms with Crippen LogP contribution in [0.25, 0.3) is 28.2 Å². The lowest BCUT2D eigenvalue weighted by Gasteiger charge is -2.27. The van der Waals surface area contributed by atoms with Crippen LogP contribution in [0.2, 0.25) is 0 Å². The van der Waals surface area contributed by atoms with Crippen molar-refractivity contribution in [1.29, 1.82) is 0 Å². The van der Waals surface area contributed by atoms with Gasteiger partial charge in [-0.25, -0.2) is 19.9 Å². The van der Waals surface area contributed by atoms with Crippen molar-refractivity contribution in [3.05, 3.63) is 41.5 Å². The van der Waals surface area contributed by atoms with E-state index in [1.807, 2.05) is 34.6 Å². The zero-order valence-electron chi connectivity index (χ0n) is 16.8. The summed E-state index contributed by atoms with van der Waals surface area (Å²) in [4.78, 5) is 21.1. The highest BCUT2D eigenvalue weighted by Gasteiger charge is 2.17. The fraction of sp³-hybridized carbons (Fsp3) is 0.333. The van der Waals surface area contributed by atoms with Gasteiger partial charge in [-0.3, -0.25) is 4.57 Å². The lowest BCUT2D eigenvalue weighted by Crippen LogP contribution is -2.36. The van der Waals surface area contributed by atoms with E-state index in [9.17, 15) is 0 Å². The number of pyridine rings is 1. The Morgan fingerprint density at radius 1 is 1.13 bits per heavy atom. The van der Waals surface area contributed by atoms with E-state index in [4.69, 9.17) is 14.7 Å². The van der Waals surface area contributed by atoms with Crippen LogP contribution in [-0.2, 0) is 4.74 Å². The number of hydrogen-bond acceptors (Lipinski definition) is 8. The Kier molecular flexibility index (Phi) is 5.29. The SMILES string of the molecule is CCCNc1nc(-c2ccc(N3CCOCC3)nc2)nc2c1ncn2-c1ccsc1. The number of anilines is 2. The molecule has 4 aromatic heterocycles. The molecule has 1 saturated heterocycles. The van der Waals surface area contributed by atoms with E-state index in [1.54, 1.807) is 11.3 Å². The van der Waals surface area contributed by atoms with Crippen molar-refractivity contribution in [2.24, 2.45) is 0 Å². The molecule has 8 nitrogen and oxygen atoms in total. The third kappa shape index (κ3) is 3.61. The summed E-state index contributed by atoms with van der Waals surface area (Å²) in [6.07, 6.45) is 4.66. The van der Waals surface area contributed by atoms with Gasteiger partial charge in [-0.15, -0.1) is 0 Å². The molecule has 0 atom stereocenters. The molecule has 9 heteroatoms. The normalized spacial score (nSPS) is 14.4. The number of thiophene rings is 1. The molecule has 5 heterocycles. The molecule has 30 heavy (non-hydrogen) atoms. The molecule has 0 saturated carbocycles. The van der Waals surface area contributed by atoms with Gasteiger partial charge in [0.25, 0.3) is 0 Å². The first kappa shape index (κ1) is 19.0. The van der Waals surface area contributed by atoms with Crippen LogP contribution in [0.5, 0.6) is 0 Å². The van der Waals surface area contributed by atoms with Crippen LogP contribution in [0.3, 0.4) is 0 Å². The van der Waals surface area contributed by atoms with Crippen molar-refractivity contribution < 1.29 is 4.74 Å². The van der Waals surface area contributed by atoms with Crippen molar-refractivity contribution >= 4 is 34.1 Å². The highest BCUT2D eigenvalue weighted by atomic mass is 32.1. The Morgan fingerprint density at radius 3 is 2.77 bits per heavy atom. The number of morpholine rings is 1. The molecular formula is C21H23N7OS. The Balaban J connectivity index is 1.55. The van der Waals surface area contributed by atoms with E-state index in [-0.39, 0.29) is 0 Å². The van der Waals surface area contributed by atoms with Gasteiger partial charge in [0.2, 0.25) is 0 Å². The molecule has 1 N–H and O–H groups in total. The number of ether oxygens (including phenoxy) is 1. The lowest BCUT2D eigenvalue weighted by atomic mass is 10.2. The number of rotatable bonds is 6. The fourth-order valence-electron chi connectivity index (χ4n) is 3.48. The molecule has 0 bridgehead atoms. The molecule has 0 unspecified atom stereocenters. The molecular weight excluding hydrogens is 398 g/mol. The van der Waals surface area contributed by atoms with E-state index in [1.165, 1.54) is 0 Å². The maximum atomic E-state index is 5.43. The first-order valence-corrected chi connectivity index (χ1v) is 11.1. The van der Waals surface area contributed by atoms with Crippen LogP contribution in [0.1, 0.15) is 13.3 Å². The van der Waals surface area contributed by atoms with Crippen molar-refractivity contribution in [2.75, 3.05) is 43.1 Å². The summed E-state index contributed by atoms with van der Waals surface area (Å²) in [5.74, 6) is 2.35. The molecule has 1 aliphatic rings. The Labute approximate surface area is 178 Å². The Hall–Kier alpha value is -3.04. The number of imidazole rings is 1. The van der Waals surface area contributed by atoms with E-state index < -0.39 is 0 Å². The number of aromatic nitrogens is 5. The van der Waals surface area contributed by atoms with Gasteiger partial charge < -0.3 is 15.0 Å². The van der Waals surface area contributed by atoms with Crippen molar-refractivity contribution in [2.45, 2.75) is 13.3 Å². The van der Waals surface area contributed by atoms with Crippen LogP contribution in [0, 0.1) is 0 Å². The van der Waals surface area contributed by atoms with Gasteiger partial charge in [0, 0.05) is 36.8 Å². The predicted molar refractivity (Wildman–Crippen MR) is 120 cm³/mol. The maximum absolute atomic E-state index is 5.43. The molecule has 0 radical (unpaired) electrons. The van der Waals surface area contributed by atoms with Crippen LogP contribution in [-0.4, -0.2) is 57.4 Å². The molecule has 0 aliphatic carbocycles. The van der Waals surface area contributed by atoms with Gasteiger partial charge in [0.1, 0.15) is 12.1 Å². The van der Waals surface area contributed by atoms with Crippen molar-refractivity contribution in [3.63, 3.8) is 0 Å². The van der Waals surface area contributed by atoms with Gasteiger partial charge in [-0.2, -0.15) is 11.3 Å². The largest absolute Gasteiger partial charge is 0.378 e. The molecule has 154 valence electrons. The summed E-state index contributed by atoms with van der Waals surface area (Å²) in [6, 6.07) is 6.13. The highest BCUT2D eigenvalue weighted by Crippen LogP contribution is 2.27. The second-order valence-corrected chi connectivity index (χ2v) is 7.88. The predicted octanol–water partition coefficient (Wildman–Crippen LogP) is 3.60. The van der Waals surface area contributed by atoms with Gasteiger partial charge in [0.15, 0.2) is 22.8 Å².